The molecule has 1 aromatic carbocycles. The van der Waals surface area contributed by atoms with Crippen LogP contribution in [-0.2, 0) is 6.42 Å². The highest BCUT2D eigenvalue weighted by molar-refractivity contribution is 5.76. The molecule has 0 aromatic heterocycles. The van der Waals surface area contributed by atoms with Gasteiger partial charge < -0.3 is 5.41 Å². The topological polar surface area (TPSA) is 23.9 Å². The first-order valence-electron chi connectivity index (χ1n) is 6.31. The number of rotatable bonds is 3. The molecule has 1 saturated carbocycles. The van der Waals surface area contributed by atoms with Gasteiger partial charge in [-0.3, -0.25) is 0 Å². The number of benzene rings is 1. The number of hydrogen-bond donors (Lipinski definition) is 1. The predicted octanol–water partition coefficient (Wildman–Crippen LogP) is 4.20. The van der Waals surface area contributed by atoms with Crippen molar-refractivity contribution in [3.05, 3.63) is 35.4 Å². The van der Waals surface area contributed by atoms with Gasteiger partial charge in [0.1, 0.15) is 0 Å². The second kappa shape index (κ2) is 4.82. The Morgan fingerprint density at radius 3 is 2.31 bits per heavy atom. The van der Waals surface area contributed by atoms with Crippen molar-refractivity contribution in [3.8, 4) is 0 Å². The van der Waals surface area contributed by atoms with E-state index in [1.165, 1.54) is 50.3 Å². The second-order valence-electron chi connectivity index (χ2n) is 5.43. The first-order valence-corrected chi connectivity index (χ1v) is 6.31. The average molecular weight is 215 g/mol. The van der Waals surface area contributed by atoms with Crippen molar-refractivity contribution in [2.45, 2.75) is 45.4 Å². The van der Waals surface area contributed by atoms with Crippen molar-refractivity contribution in [2.75, 3.05) is 0 Å². The summed E-state index contributed by atoms with van der Waals surface area (Å²) in [5, 5.41) is 7.18. The van der Waals surface area contributed by atoms with Gasteiger partial charge in [-0.05, 0) is 35.8 Å². The molecule has 1 nitrogen and oxygen atoms in total. The first-order chi connectivity index (χ1) is 7.72. The van der Waals surface area contributed by atoms with Crippen molar-refractivity contribution in [1.82, 2.24) is 0 Å². The average Bonchev–Trinajstić information content (AvgIpc) is 2.30. The lowest BCUT2D eigenvalue weighted by Crippen LogP contribution is -2.22. The van der Waals surface area contributed by atoms with Crippen molar-refractivity contribution >= 4 is 6.21 Å². The normalized spacial score (nSPS) is 19.3. The van der Waals surface area contributed by atoms with Gasteiger partial charge in [0, 0.05) is 6.21 Å². The molecule has 0 heterocycles. The predicted molar refractivity (Wildman–Crippen MR) is 69.2 cm³/mol. The Morgan fingerprint density at radius 1 is 1.12 bits per heavy atom. The van der Waals surface area contributed by atoms with Crippen LogP contribution < -0.4 is 0 Å². The van der Waals surface area contributed by atoms with Crippen molar-refractivity contribution in [3.63, 3.8) is 0 Å². The van der Waals surface area contributed by atoms with Crippen LogP contribution in [0, 0.1) is 10.8 Å². The van der Waals surface area contributed by atoms with E-state index in [1.54, 1.807) is 0 Å². The van der Waals surface area contributed by atoms with Gasteiger partial charge in [-0.2, -0.15) is 0 Å². The fourth-order valence-corrected chi connectivity index (χ4v) is 2.81. The van der Waals surface area contributed by atoms with Gasteiger partial charge in [-0.15, -0.1) is 0 Å². The van der Waals surface area contributed by atoms with Gasteiger partial charge in [-0.1, -0.05) is 50.5 Å². The monoisotopic (exact) mass is 215 g/mol. The second-order valence-corrected chi connectivity index (χ2v) is 5.43. The maximum Gasteiger partial charge on any atom is 0.0250 e. The van der Waals surface area contributed by atoms with Crippen LogP contribution in [0.1, 0.15) is 50.2 Å². The molecule has 0 unspecified atom stereocenters. The van der Waals surface area contributed by atoms with E-state index in [4.69, 9.17) is 5.41 Å². The fourth-order valence-electron chi connectivity index (χ4n) is 2.81. The van der Waals surface area contributed by atoms with Gasteiger partial charge >= 0.3 is 0 Å². The van der Waals surface area contributed by atoms with Gasteiger partial charge in [-0.25, -0.2) is 0 Å². The molecular weight excluding hydrogens is 194 g/mol. The maximum absolute atomic E-state index is 7.18. The Morgan fingerprint density at radius 2 is 1.75 bits per heavy atom. The van der Waals surface area contributed by atoms with E-state index in [0.717, 1.165) is 5.56 Å². The van der Waals surface area contributed by atoms with Crippen molar-refractivity contribution in [2.24, 2.45) is 5.41 Å². The molecule has 86 valence electrons. The molecule has 0 saturated heterocycles. The summed E-state index contributed by atoms with van der Waals surface area (Å²) in [6.45, 7) is 2.43. The molecule has 2 rings (SSSR count). The minimum Gasteiger partial charge on any atom is -0.308 e. The molecule has 0 amide bonds. The number of hydrogen-bond acceptors (Lipinski definition) is 1. The highest BCUT2D eigenvalue weighted by atomic mass is 14.3. The van der Waals surface area contributed by atoms with Gasteiger partial charge in [0.05, 0.1) is 0 Å². The third-order valence-electron chi connectivity index (χ3n) is 3.84. The zero-order chi connectivity index (χ0) is 11.4. The summed E-state index contributed by atoms with van der Waals surface area (Å²) in [5.74, 6) is 0. The van der Waals surface area contributed by atoms with Crippen LogP contribution in [0.3, 0.4) is 0 Å². The molecule has 1 fully saturated rings. The van der Waals surface area contributed by atoms with E-state index in [2.05, 4.69) is 31.2 Å². The molecule has 1 aliphatic rings. The third kappa shape index (κ3) is 2.72. The fraction of sp³-hybridized carbons (Fsp3) is 0.533. The van der Waals surface area contributed by atoms with E-state index < -0.39 is 0 Å². The highest BCUT2D eigenvalue weighted by Crippen LogP contribution is 2.38. The van der Waals surface area contributed by atoms with Crippen molar-refractivity contribution < 1.29 is 0 Å². The first kappa shape index (κ1) is 11.4. The van der Waals surface area contributed by atoms with Gasteiger partial charge in [0.2, 0.25) is 0 Å². The Bertz CT molecular complexity index is 344. The summed E-state index contributed by atoms with van der Waals surface area (Å²) in [7, 11) is 0. The molecule has 0 spiro atoms. The largest absolute Gasteiger partial charge is 0.308 e. The van der Waals surface area contributed by atoms with E-state index in [-0.39, 0.29) is 0 Å². The Balaban J connectivity index is 2.04. The highest BCUT2D eigenvalue weighted by Gasteiger charge is 2.26. The molecular formula is C15H21N. The van der Waals surface area contributed by atoms with Gasteiger partial charge in [0.25, 0.3) is 0 Å². The van der Waals surface area contributed by atoms with Crippen LogP contribution in [0.2, 0.25) is 0 Å². The van der Waals surface area contributed by atoms with Crippen LogP contribution in [0.25, 0.3) is 0 Å². The minimum atomic E-state index is 0.518. The van der Waals surface area contributed by atoms with Crippen LogP contribution in [0.4, 0.5) is 0 Å². The molecule has 1 aliphatic carbocycles. The van der Waals surface area contributed by atoms with E-state index >= 15 is 0 Å². The Labute approximate surface area is 98.4 Å². The molecule has 0 bridgehead atoms. The van der Waals surface area contributed by atoms with Gasteiger partial charge in [0.15, 0.2) is 0 Å². The molecule has 1 aromatic rings. The molecule has 1 N–H and O–H groups in total. The molecule has 16 heavy (non-hydrogen) atoms. The third-order valence-corrected chi connectivity index (χ3v) is 3.84. The van der Waals surface area contributed by atoms with E-state index in [1.807, 2.05) is 0 Å². The van der Waals surface area contributed by atoms with Crippen LogP contribution in [-0.4, -0.2) is 6.21 Å². The quantitative estimate of drug-likeness (QED) is 0.731. The zero-order valence-corrected chi connectivity index (χ0v) is 10.1. The van der Waals surface area contributed by atoms with Crippen LogP contribution in [0.5, 0.6) is 0 Å². The molecule has 0 aliphatic heterocycles. The zero-order valence-electron chi connectivity index (χ0n) is 10.1. The summed E-state index contributed by atoms with van der Waals surface area (Å²) in [6.07, 6.45) is 9.57. The summed E-state index contributed by atoms with van der Waals surface area (Å²) in [5.41, 5.74) is 2.94. The minimum absolute atomic E-state index is 0.518. The smallest absolute Gasteiger partial charge is 0.0250 e. The van der Waals surface area contributed by atoms with E-state index in [9.17, 15) is 0 Å². The number of nitrogens with one attached hydrogen (secondary N) is 1. The SMILES string of the molecule is CC1(Cc2ccc(C=N)cc2)CCCCC1. The van der Waals surface area contributed by atoms with Crippen molar-refractivity contribution in [1.29, 1.82) is 5.41 Å². The van der Waals surface area contributed by atoms with Crippen LogP contribution in [0.15, 0.2) is 24.3 Å². The summed E-state index contributed by atoms with van der Waals surface area (Å²) >= 11 is 0. The van der Waals surface area contributed by atoms with E-state index in [0.29, 0.717) is 5.41 Å². The summed E-state index contributed by atoms with van der Waals surface area (Å²) in [4.78, 5) is 0. The molecule has 0 radical (unpaired) electrons. The van der Waals surface area contributed by atoms with Crippen LogP contribution >= 0.6 is 0 Å². The lowest BCUT2D eigenvalue weighted by Gasteiger charge is -2.33. The molecule has 1 heteroatoms. The lowest BCUT2D eigenvalue weighted by molar-refractivity contribution is 0.215. The summed E-state index contributed by atoms with van der Waals surface area (Å²) in [6, 6.07) is 8.46. The molecule has 0 atom stereocenters. The standard InChI is InChI=1S/C15H21N/c1-15(9-3-2-4-10-15)11-13-5-7-14(12-16)8-6-13/h5-8,12,16H,2-4,9-11H2,1H3. The lowest BCUT2D eigenvalue weighted by atomic mass is 9.72. The Kier molecular flexibility index (Phi) is 3.42. The maximum atomic E-state index is 7.18. The summed E-state index contributed by atoms with van der Waals surface area (Å²) < 4.78 is 0. The Hall–Kier alpha value is -1.11.